The van der Waals surface area contributed by atoms with Gasteiger partial charge in [0.15, 0.2) is 0 Å². The van der Waals surface area contributed by atoms with Crippen LogP contribution in [-0.4, -0.2) is 39.9 Å². The van der Waals surface area contributed by atoms with Crippen LogP contribution in [0.2, 0.25) is 5.15 Å². The minimum Gasteiger partial charge on any atom is -0.326 e. The first-order valence-electron chi connectivity index (χ1n) is 7.56. The first-order chi connectivity index (χ1) is 12.1. The van der Waals surface area contributed by atoms with Gasteiger partial charge in [0, 0.05) is 6.54 Å². The second-order valence-corrected chi connectivity index (χ2v) is 5.98. The Balaban J connectivity index is 2.31. The lowest BCUT2D eigenvalue weighted by molar-refractivity contribution is -0.139. The topological polar surface area (TPSA) is 38.1 Å². The number of hydrogen-bond acceptors (Lipinski definition) is 2. The van der Waals surface area contributed by atoms with Gasteiger partial charge in [0.1, 0.15) is 17.5 Å². The zero-order chi connectivity index (χ0) is 19.5. The summed E-state index contributed by atoms with van der Waals surface area (Å²) in [7, 11) is 0. The second kappa shape index (κ2) is 7.90. The van der Waals surface area contributed by atoms with Crippen molar-refractivity contribution in [2.24, 2.45) is 0 Å². The molecular formula is C17H16ClF4N3O. The molecule has 0 aliphatic carbocycles. The summed E-state index contributed by atoms with van der Waals surface area (Å²) in [5, 5.41) is 4.05. The molecule has 0 bridgehead atoms. The number of carbonyl (C=O) groups is 1. The van der Waals surface area contributed by atoms with E-state index in [0.29, 0.717) is 10.5 Å². The summed E-state index contributed by atoms with van der Waals surface area (Å²) >= 11 is 6.19. The van der Waals surface area contributed by atoms with Crippen LogP contribution in [0, 0.1) is 12.7 Å². The molecule has 1 aromatic carbocycles. The molecule has 1 amide bonds. The van der Waals surface area contributed by atoms with E-state index >= 15 is 0 Å². The van der Waals surface area contributed by atoms with Crippen molar-refractivity contribution >= 4 is 17.5 Å². The highest BCUT2D eigenvalue weighted by Crippen LogP contribution is 2.25. The van der Waals surface area contributed by atoms with Crippen molar-refractivity contribution in [1.29, 1.82) is 0 Å². The van der Waals surface area contributed by atoms with Crippen LogP contribution in [0.5, 0.6) is 0 Å². The molecule has 0 unspecified atom stereocenters. The molecule has 9 heteroatoms. The van der Waals surface area contributed by atoms with E-state index in [2.05, 4.69) is 11.7 Å². The van der Waals surface area contributed by atoms with Gasteiger partial charge in [-0.1, -0.05) is 29.8 Å². The van der Waals surface area contributed by atoms with Crippen molar-refractivity contribution in [2.45, 2.75) is 19.6 Å². The van der Waals surface area contributed by atoms with E-state index in [0.717, 1.165) is 0 Å². The quantitative estimate of drug-likeness (QED) is 0.548. The Bertz CT molecular complexity index is 800. The lowest BCUT2D eigenvalue weighted by Gasteiger charge is -2.22. The fourth-order valence-corrected chi connectivity index (χ4v) is 2.73. The van der Waals surface area contributed by atoms with Gasteiger partial charge in [-0.05, 0) is 24.6 Å². The maximum atomic E-state index is 13.0. The second-order valence-electron chi connectivity index (χ2n) is 5.62. The van der Waals surface area contributed by atoms with Gasteiger partial charge in [-0.2, -0.15) is 18.3 Å². The number of hydrogen-bond donors (Lipinski definition) is 0. The van der Waals surface area contributed by atoms with Crippen LogP contribution in [-0.2, 0) is 6.54 Å². The SMILES string of the molecule is C=CCN(CC(F)(F)F)C(=O)c1c(C)nn(Cc2ccc(F)cc2)c1Cl. The van der Waals surface area contributed by atoms with Crippen molar-refractivity contribution < 1.29 is 22.4 Å². The van der Waals surface area contributed by atoms with Crippen molar-refractivity contribution in [3.8, 4) is 0 Å². The molecule has 0 aliphatic rings. The fourth-order valence-electron chi connectivity index (χ4n) is 2.41. The Morgan fingerprint density at radius 3 is 2.50 bits per heavy atom. The summed E-state index contributed by atoms with van der Waals surface area (Å²) < 4.78 is 52.4. The number of rotatable bonds is 6. The number of halogens is 5. The van der Waals surface area contributed by atoms with Crippen LogP contribution in [0.15, 0.2) is 36.9 Å². The van der Waals surface area contributed by atoms with Gasteiger partial charge in [-0.15, -0.1) is 6.58 Å². The zero-order valence-corrected chi connectivity index (χ0v) is 14.6. The summed E-state index contributed by atoms with van der Waals surface area (Å²) in [6.45, 7) is 3.31. The summed E-state index contributed by atoms with van der Waals surface area (Å²) in [5.41, 5.74) is 0.784. The standard InChI is InChI=1S/C17H16ClF4N3O/c1-3-8-24(10-17(20,21)22)16(26)14-11(2)23-25(15(14)18)9-12-4-6-13(19)7-5-12/h3-7H,1,8-10H2,2H3. The van der Waals surface area contributed by atoms with Crippen LogP contribution in [0.25, 0.3) is 0 Å². The third-order valence-electron chi connectivity index (χ3n) is 3.53. The van der Waals surface area contributed by atoms with Gasteiger partial charge < -0.3 is 4.90 Å². The van der Waals surface area contributed by atoms with Gasteiger partial charge in [0.05, 0.1) is 17.8 Å². The molecule has 0 saturated carbocycles. The molecule has 0 N–H and O–H groups in total. The van der Waals surface area contributed by atoms with Crippen molar-refractivity contribution in [2.75, 3.05) is 13.1 Å². The highest BCUT2D eigenvalue weighted by Gasteiger charge is 2.34. The van der Waals surface area contributed by atoms with Crippen molar-refractivity contribution in [3.05, 3.63) is 64.7 Å². The third-order valence-corrected chi connectivity index (χ3v) is 3.92. The highest BCUT2D eigenvalue weighted by molar-refractivity contribution is 6.33. The zero-order valence-electron chi connectivity index (χ0n) is 13.9. The summed E-state index contributed by atoms with van der Waals surface area (Å²) in [4.78, 5) is 13.2. The number of aryl methyl sites for hydroxylation is 1. The van der Waals surface area contributed by atoms with E-state index in [-0.39, 0.29) is 29.5 Å². The smallest absolute Gasteiger partial charge is 0.326 e. The first-order valence-corrected chi connectivity index (χ1v) is 7.94. The molecule has 1 heterocycles. The van der Waals surface area contributed by atoms with Crippen LogP contribution in [0.4, 0.5) is 17.6 Å². The van der Waals surface area contributed by atoms with E-state index in [1.165, 1.54) is 41.9 Å². The lowest BCUT2D eigenvalue weighted by atomic mass is 10.2. The van der Waals surface area contributed by atoms with Crippen molar-refractivity contribution in [3.63, 3.8) is 0 Å². The Morgan fingerprint density at radius 1 is 1.35 bits per heavy atom. The number of amides is 1. The van der Waals surface area contributed by atoms with E-state index in [9.17, 15) is 22.4 Å². The molecule has 26 heavy (non-hydrogen) atoms. The summed E-state index contributed by atoms with van der Waals surface area (Å²) in [5.74, 6) is -1.28. The molecule has 0 fully saturated rings. The van der Waals surface area contributed by atoms with Gasteiger partial charge >= 0.3 is 6.18 Å². The van der Waals surface area contributed by atoms with Crippen molar-refractivity contribution in [1.82, 2.24) is 14.7 Å². The van der Waals surface area contributed by atoms with Gasteiger partial charge in [0.25, 0.3) is 5.91 Å². The predicted molar refractivity (Wildman–Crippen MR) is 89.6 cm³/mol. The van der Waals surface area contributed by atoms with E-state index in [1.807, 2.05) is 0 Å². The molecule has 4 nitrogen and oxygen atoms in total. The van der Waals surface area contributed by atoms with Gasteiger partial charge in [-0.3, -0.25) is 4.79 Å². The molecule has 140 valence electrons. The Hall–Kier alpha value is -2.35. The highest BCUT2D eigenvalue weighted by atomic mass is 35.5. The summed E-state index contributed by atoms with van der Waals surface area (Å²) in [6.07, 6.45) is -3.35. The lowest BCUT2D eigenvalue weighted by Crippen LogP contribution is -2.39. The number of benzene rings is 1. The average Bonchev–Trinajstić information content (AvgIpc) is 2.81. The van der Waals surface area contributed by atoms with Crippen LogP contribution >= 0.6 is 11.6 Å². The number of nitrogens with zero attached hydrogens (tertiary/aromatic N) is 3. The van der Waals surface area contributed by atoms with E-state index in [1.54, 1.807) is 0 Å². The number of carbonyl (C=O) groups excluding carboxylic acids is 1. The Kier molecular flexibility index (Phi) is 6.07. The molecule has 0 atom stereocenters. The molecule has 0 spiro atoms. The maximum absolute atomic E-state index is 13.0. The molecule has 2 rings (SSSR count). The van der Waals surface area contributed by atoms with Crippen LogP contribution < -0.4 is 0 Å². The largest absolute Gasteiger partial charge is 0.406 e. The first kappa shape index (κ1) is 20.0. The minimum atomic E-state index is -4.55. The maximum Gasteiger partial charge on any atom is 0.406 e. The van der Waals surface area contributed by atoms with E-state index in [4.69, 9.17) is 11.6 Å². The minimum absolute atomic E-state index is 0.0759. The molecule has 1 aromatic heterocycles. The molecule has 0 aliphatic heterocycles. The van der Waals surface area contributed by atoms with Crippen LogP contribution in [0.1, 0.15) is 21.6 Å². The third kappa shape index (κ3) is 4.85. The molecule has 2 aromatic rings. The van der Waals surface area contributed by atoms with E-state index < -0.39 is 24.4 Å². The normalized spacial score (nSPS) is 11.5. The van der Waals surface area contributed by atoms with Gasteiger partial charge in [0.2, 0.25) is 0 Å². The fraction of sp³-hybridized carbons (Fsp3) is 0.294. The number of alkyl halides is 3. The van der Waals surface area contributed by atoms with Crippen LogP contribution in [0.3, 0.4) is 0 Å². The molecular weight excluding hydrogens is 374 g/mol. The summed E-state index contributed by atoms with van der Waals surface area (Å²) in [6, 6.07) is 5.58. The Labute approximate surface area is 152 Å². The average molecular weight is 390 g/mol. The van der Waals surface area contributed by atoms with Gasteiger partial charge in [-0.25, -0.2) is 9.07 Å². The number of aromatic nitrogens is 2. The molecule has 0 radical (unpaired) electrons. The molecule has 0 saturated heterocycles. The monoisotopic (exact) mass is 389 g/mol. The predicted octanol–water partition coefficient (Wildman–Crippen LogP) is 4.22. The Morgan fingerprint density at radius 2 is 1.96 bits per heavy atom.